The lowest BCUT2D eigenvalue weighted by Gasteiger charge is -2.17. The van der Waals surface area contributed by atoms with Crippen LogP contribution in [0, 0.1) is 5.92 Å². The van der Waals surface area contributed by atoms with Crippen LogP contribution in [-0.2, 0) is 6.54 Å². The first-order valence-electron chi connectivity index (χ1n) is 6.68. The molecule has 0 bridgehead atoms. The van der Waals surface area contributed by atoms with Gasteiger partial charge in [0.2, 0.25) is 0 Å². The van der Waals surface area contributed by atoms with Gasteiger partial charge in [-0.15, -0.1) is 0 Å². The molecular weight excluding hydrogens is 246 g/mol. The Morgan fingerprint density at radius 3 is 2.61 bits per heavy atom. The minimum atomic E-state index is 0.434. The lowest BCUT2D eigenvalue weighted by Crippen LogP contribution is -2.22. The summed E-state index contributed by atoms with van der Waals surface area (Å²) in [6.07, 6.45) is 1.13. The van der Waals surface area contributed by atoms with E-state index in [0.29, 0.717) is 12.0 Å². The summed E-state index contributed by atoms with van der Waals surface area (Å²) in [5, 5.41) is 4.15. The molecule has 102 valence electrons. The summed E-state index contributed by atoms with van der Waals surface area (Å²) < 4.78 is 5.88. The highest BCUT2D eigenvalue weighted by Crippen LogP contribution is 2.27. The summed E-state index contributed by atoms with van der Waals surface area (Å²) in [6.45, 7) is 10.1. The van der Waals surface area contributed by atoms with Crippen LogP contribution in [0.1, 0.15) is 39.7 Å². The predicted octanol–water partition coefficient (Wildman–Crippen LogP) is 4.26. The lowest BCUT2D eigenvalue weighted by atomic mass is 10.1. The molecule has 1 aromatic carbocycles. The van der Waals surface area contributed by atoms with Crippen molar-refractivity contribution in [3.8, 4) is 5.75 Å². The standard InChI is InChI=1S/C15H24ClNO/c1-5-12(4)10-18-15-8-6-7-14(16)13(15)9-17-11(2)3/h6-8,11-12,17H,5,9-10H2,1-4H3. The fourth-order valence-electron chi connectivity index (χ4n) is 1.50. The van der Waals surface area contributed by atoms with Gasteiger partial charge >= 0.3 is 0 Å². The fourth-order valence-corrected chi connectivity index (χ4v) is 1.73. The van der Waals surface area contributed by atoms with E-state index in [-0.39, 0.29) is 0 Å². The second-order valence-electron chi connectivity index (χ2n) is 5.08. The number of benzene rings is 1. The Labute approximate surface area is 116 Å². The second-order valence-corrected chi connectivity index (χ2v) is 5.48. The molecule has 0 aliphatic carbocycles. The summed E-state index contributed by atoms with van der Waals surface area (Å²) in [4.78, 5) is 0. The van der Waals surface area contributed by atoms with E-state index in [4.69, 9.17) is 16.3 Å². The van der Waals surface area contributed by atoms with E-state index >= 15 is 0 Å². The number of halogens is 1. The molecule has 1 N–H and O–H groups in total. The third-order valence-corrected chi connectivity index (χ3v) is 3.34. The lowest BCUT2D eigenvalue weighted by molar-refractivity contribution is 0.254. The van der Waals surface area contributed by atoms with Crippen LogP contribution in [0.3, 0.4) is 0 Å². The zero-order chi connectivity index (χ0) is 13.5. The van der Waals surface area contributed by atoms with Crippen molar-refractivity contribution in [2.75, 3.05) is 6.61 Å². The molecule has 1 rings (SSSR count). The average Bonchev–Trinajstić information content (AvgIpc) is 2.34. The summed E-state index contributed by atoms with van der Waals surface area (Å²) in [6, 6.07) is 6.28. The minimum absolute atomic E-state index is 0.434. The minimum Gasteiger partial charge on any atom is -0.493 e. The van der Waals surface area contributed by atoms with Gasteiger partial charge in [-0.3, -0.25) is 0 Å². The molecule has 18 heavy (non-hydrogen) atoms. The highest BCUT2D eigenvalue weighted by Gasteiger charge is 2.09. The van der Waals surface area contributed by atoms with Crippen LogP contribution < -0.4 is 10.1 Å². The third-order valence-electron chi connectivity index (χ3n) is 2.98. The maximum atomic E-state index is 6.24. The van der Waals surface area contributed by atoms with Crippen LogP contribution in [-0.4, -0.2) is 12.6 Å². The SMILES string of the molecule is CCC(C)COc1cccc(Cl)c1CNC(C)C. The molecule has 3 heteroatoms. The number of hydrogen-bond acceptors (Lipinski definition) is 2. The van der Waals surface area contributed by atoms with E-state index in [2.05, 4.69) is 33.0 Å². The highest BCUT2D eigenvalue weighted by atomic mass is 35.5. The van der Waals surface area contributed by atoms with E-state index in [0.717, 1.165) is 35.9 Å². The molecule has 0 radical (unpaired) electrons. The Morgan fingerprint density at radius 1 is 1.28 bits per heavy atom. The Balaban J connectivity index is 2.73. The Bertz CT molecular complexity index is 366. The monoisotopic (exact) mass is 269 g/mol. The van der Waals surface area contributed by atoms with Gasteiger partial charge in [0.15, 0.2) is 0 Å². The second kappa shape index (κ2) is 7.65. The summed E-state index contributed by atoms with van der Waals surface area (Å²) in [7, 11) is 0. The van der Waals surface area contributed by atoms with Gasteiger partial charge in [-0.1, -0.05) is 51.8 Å². The van der Waals surface area contributed by atoms with E-state index in [1.807, 2.05) is 18.2 Å². The van der Waals surface area contributed by atoms with E-state index in [1.54, 1.807) is 0 Å². The molecule has 0 spiro atoms. The number of nitrogens with one attached hydrogen (secondary N) is 1. The zero-order valence-corrected chi connectivity index (χ0v) is 12.6. The first-order valence-corrected chi connectivity index (χ1v) is 7.06. The number of rotatable bonds is 7. The molecule has 0 aliphatic rings. The van der Waals surface area contributed by atoms with Crippen LogP contribution in [0.15, 0.2) is 18.2 Å². The van der Waals surface area contributed by atoms with Crippen LogP contribution >= 0.6 is 11.6 Å². The van der Waals surface area contributed by atoms with Crippen molar-refractivity contribution in [1.82, 2.24) is 5.32 Å². The molecule has 2 nitrogen and oxygen atoms in total. The van der Waals surface area contributed by atoms with Gasteiger partial charge in [-0.25, -0.2) is 0 Å². The van der Waals surface area contributed by atoms with Crippen molar-refractivity contribution in [2.45, 2.75) is 46.7 Å². The maximum Gasteiger partial charge on any atom is 0.125 e. The fraction of sp³-hybridized carbons (Fsp3) is 0.600. The molecule has 1 atom stereocenters. The summed E-state index contributed by atoms with van der Waals surface area (Å²) >= 11 is 6.24. The first-order chi connectivity index (χ1) is 8.54. The zero-order valence-electron chi connectivity index (χ0n) is 11.8. The number of ether oxygens (including phenoxy) is 1. The van der Waals surface area contributed by atoms with Crippen LogP contribution in [0.5, 0.6) is 5.75 Å². The van der Waals surface area contributed by atoms with Gasteiger partial charge < -0.3 is 10.1 Å². The van der Waals surface area contributed by atoms with E-state index in [1.165, 1.54) is 0 Å². The van der Waals surface area contributed by atoms with Crippen LogP contribution in [0.25, 0.3) is 0 Å². The molecule has 0 heterocycles. The van der Waals surface area contributed by atoms with Crippen LogP contribution in [0.2, 0.25) is 5.02 Å². The van der Waals surface area contributed by atoms with Gasteiger partial charge in [0.1, 0.15) is 5.75 Å². The van der Waals surface area contributed by atoms with Gasteiger partial charge in [0.05, 0.1) is 6.61 Å². The average molecular weight is 270 g/mol. The molecule has 0 amide bonds. The third kappa shape index (κ3) is 4.87. The van der Waals surface area contributed by atoms with Gasteiger partial charge in [0, 0.05) is 23.2 Å². The molecular formula is C15H24ClNO. The summed E-state index contributed by atoms with van der Waals surface area (Å²) in [5.74, 6) is 1.46. The molecule has 0 aliphatic heterocycles. The Hall–Kier alpha value is -0.730. The number of hydrogen-bond donors (Lipinski definition) is 1. The molecule has 0 fully saturated rings. The highest BCUT2D eigenvalue weighted by molar-refractivity contribution is 6.31. The molecule has 0 saturated heterocycles. The molecule has 1 unspecified atom stereocenters. The van der Waals surface area contributed by atoms with E-state index in [9.17, 15) is 0 Å². The van der Waals surface area contributed by atoms with E-state index < -0.39 is 0 Å². The first kappa shape index (κ1) is 15.3. The van der Waals surface area contributed by atoms with Crippen molar-refractivity contribution in [1.29, 1.82) is 0 Å². The Morgan fingerprint density at radius 2 is 2.00 bits per heavy atom. The topological polar surface area (TPSA) is 21.3 Å². The van der Waals surface area contributed by atoms with Crippen molar-refractivity contribution in [3.63, 3.8) is 0 Å². The summed E-state index contributed by atoms with van der Waals surface area (Å²) in [5.41, 5.74) is 1.05. The van der Waals surface area contributed by atoms with Crippen molar-refractivity contribution >= 4 is 11.6 Å². The van der Waals surface area contributed by atoms with Crippen molar-refractivity contribution in [2.24, 2.45) is 5.92 Å². The van der Waals surface area contributed by atoms with Gasteiger partial charge in [0.25, 0.3) is 0 Å². The predicted molar refractivity (Wildman–Crippen MR) is 78.4 cm³/mol. The van der Waals surface area contributed by atoms with Crippen LogP contribution in [0.4, 0.5) is 0 Å². The van der Waals surface area contributed by atoms with Gasteiger partial charge in [-0.2, -0.15) is 0 Å². The molecule has 1 aromatic rings. The molecule has 0 saturated carbocycles. The van der Waals surface area contributed by atoms with Crippen molar-refractivity contribution < 1.29 is 4.74 Å². The Kier molecular flexibility index (Phi) is 6.51. The smallest absolute Gasteiger partial charge is 0.125 e. The normalized spacial score (nSPS) is 12.8. The quantitative estimate of drug-likeness (QED) is 0.798. The maximum absolute atomic E-state index is 6.24. The molecule has 0 aromatic heterocycles. The largest absolute Gasteiger partial charge is 0.493 e. The van der Waals surface area contributed by atoms with Crippen molar-refractivity contribution in [3.05, 3.63) is 28.8 Å². The van der Waals surface area contributed by atoms with Gasteiger partial charge in [-0.05, 0) is 18.1 Å².